The summed E-state index contributed by atoms with van der Waals surface area (Å²) in [7, 11) is 1.67. The van der Waals surface area contributed by atoms with Gasteiger partial charge in [0.1, 0.15) is 0 Å². The van der Waals surface area contributed by atoms with Crippen LogP contribution in [-0.2, 0) is 9.47 Å². The molecule has 108 valence electrons. The molecule has 1 fully saturated rings. The largest absolute Gasteiger partial charge is 0.381 e. The molecule has 0 radical (unpaired) electrons. The topological polar surface area (TPSA) is 59.6 Å². The van der Waals surface area contributed by atoms with Crippen LogP contribution in [0.2, 0.25) is 0 Å². The van der Waals surface area contributed by atoms with Crippen molar-refractivity contribution in [2.24, 2.45) is 5.92 Å². The summed E-state index contributed by atoms with van der Waals surface area (Å²) in [5, 5.41) is 5.61. The summed E-state index contributed by atoms with van der Waals surface area (Å²) in [6.07, 6.45) is 6.95. The fraction of sp³-hybridized carbons (Fsp3) is 0.786. The van der Waals surface area contributed by atoms with Gasteiger partial charge in [-0.1, -0.05) is 19.8 Å². The van der Waals surface area contributed by atoms with Crippen molar-refractivity contribution in [3.8, 4) is 12.3 Å². The molecular formula is C14H24N2O3. The minimum atomic E-state index is -0.320. The molecule has 0 aromatic rings. The smallest absolute Gasteiger partial charge is 0.315 e. The first-order valence-corrected chi connectivity index (χ1v) is 6.66. The summed E-state index contributed by atoms with van der Waals surface area (Å²) >= 11 is 0. The molecule has 0 bridgehead atoms. The number of carbonyl (C=O) groups excluding carboxylic acids is 1. The normalized spacial score (nSPS) is 19.5. The Labute approximate surface area is 115 Å². The van der Waals surface area contributed by atoms with Gasteiger partial charge in [-0.05, 0) is 5.92 Å². The maximum atomic E-state index is 11.8. The molecule has 5 heteroatoms. The van der Waals surface area contributed by atoms with Crippen molar-refractivity contribution in [1.29, 1.82) is 0 Å². The van der Waals surface area contributed by atoms with Gasteiger partial charge in [0.2, 0.25) is 0 Å². The summed E-state index contributed by atoms with van der Waals surface area (Å²) in [5.41, 5.74) is -0.320. The second-order valence-corrected chi connectivity index (χ2v) is 5.21. The Morgan fingerprint density at radius 1 is 1.47 bits per heavy atom. The lowest BCUT2D eigenvalue weighted by molar-refractivity contribution is -0.0861. The Kier molecular flexibility index (Phi) is 6.13. The number of terminal acetylenes is 1. The minimum absolute atomic E-state index is 0.204. The fourth-order valence-corrected chi connectivity index (χ4v) is 2.03. The average molecular weight is 268 g/mol. The van der Waals surface area contributed by atoms with E-state index in [0.29, 0.717) is 19.8 Å². The van der Waals surface area contributed by atoms with Crippen LogP contribution in [0, 0.1) is 18.3 Å². The Morgan fingerprint density at radius 3 is 2.58 bits per heavy atom. The van der Waals surface area contributed by atoms with Gasteiger partial charge >= 0.3 is 6.03 Å². The predicted molar refractivity (Wildman–Crippen MR) is 73.8 cm³/mol. The molecule has 0 unspecified atom stereocenters. The van der Waals surface area contributed by atoms with E-state index in [9.17, 15) is 4.79 Å². The van der Waals surface area contributed by atoms with E-state index in [0.717, 1.165) is 12.8 Å². The molecule has 0 aromatic carbocycles. The first-order valence-electron chi connectivity index (χ1n) is 6.66. The van der Waals surface area contributed by atoms with Crippen LogP contribution in [0.4, 0.5) is 4.79 Å². The number of methoxy groups -OCH3 is 1. The lowest BCUT2D eigenvalue weighted by Crippen LogP contribution is -2.52. The predicted octanol–water partition coefficient (Wildman–Crippen LogP) is 1.14. The van der Waals surface area contributed by atoms with Crippen LogP contribution in [0.3, 0.4) is 0 Å². The number of amides is 2. The van der Waals surface area contributed by atoms with Gasteiger partial charge < -0.3 is 20.1 Å². The summed E-state index contributed by atoms with van der Waals surface area (Å²) in [6, 6.07) is -0.507. The zero-order valence-electron chi connectivity index (χ0n) is 12.0. The Morgan fingerprint density at radius 2 is 2.11 bits per heavy atom. The molecule has 5 nitrogen and oxygen atoms in total. The Balaban J connectivity index is 2.42. The monoisotopic (exact) mass is 268 g/mol. The quantitative estimate of drug-likeness (QED) is 0.735. The third kappa shape index (κ3) is 4.73. The summed E-state index contributed by atoms with van der Waals surface area (Å²) in [6.45, 7) is 5.74. The molecule has 0 aromatic heterocycles. The van der Waals surface area contributed by atoms with Crippen LogP contribution in [0.15, 0.2) is 0 Å². The highest BCUT2D eigenvalue weighted by molar-refractivity contribution is 5.74. The van der Waals surface area contributed by atoms with Crippen LogP contribution in [0.1, 0.15) is 26.7 Å². The van der Waals surface area contributed by atoms with Crippen LogP contribution in [0.25, 0.3) is 0 Å². The number of ether oxygens (including phenoxy) is 2. The van der Waals surface area contributed by atoms with Crippen LogP contribution in [0.5, 0.6) is 0 Å². The second-order valence-electron chi connectivity index (χ2n) is 5.21. The van der Waals surface area contributed by atoms with Crippen molar-refractivity contribution in [2.45, 2.75) is 38.3 Å². The molecule has 2 N–H and O–H groups in total. The molecule has 1 atom stereocenters. The van der Waals surface area contributed by atoms with Crippen molar-refractivity contribution < 1.29 is 14.3 Å². The molecule has 19 heavy (non-hydrogen) atoms. The Hall–Kier alpha value is -1.25. The fourth-order valence-electron chi connectivity index (χ4n) is 2.03. The molecule has 2 amide bonds. The van der Waals surface area contributed by atoms with E-state index in [2.05, 4.69) is 16.6 Å². The van der Waals surface area contributed by atoms with Crippen LogP contribution < -0.4 is 10.6 Å². The molecular weight excluding hydrogens is 244 g/mol. The maximum absolute atomic E-state index is 11.8. The van der Waals surface area contributed by atoms with Crippen LogP contribution >= 0.6 is 0 Å². The van der Waals surface area contributed by atoms with Gasteiger partial charge in [-0.2, -0.15) is 0 Å². The van der Waals surface area contributed by atoms with Gasteiger partial charge in [0.25, 0.3) is 0 Å². The highest BCUT2D eigenvalue weighted by Gasteiger charge is 2.32. The highest BCUT2D eigenvalue weighted by atomic mass is 16.5. The first kappa shape index (κ1) is 15.8. The van der Waals surface area contributed by atoms with E-state index < -0.39 is 0 Å². The number of hydrogen-bond acceptors (Lipinski definition) is 3. The van der Waals surface area contributed by atoms with E-state index in [-0.39, 0.29) is 23.6 Å². The average Bonchev–Trinajstić information content (AvgIpc) is 2.43. The van der Waals surface area contributed by atoms with Crippen molar-refractivity contribution in [2.75, 3.05) is 26.9 Å². The van der Waals surface area contributed by atoms with Crippen LogP contribution in [-0.4, -0.2) is 44.5 Å². The maximum Gasteiger partial charge on any atom is 0.315 e. The van der Waals surface area contributed by atoms with Crippen molar-refractivity contribution in [1.82, 2.24) is 10.6 Å². The zero-order chi connectivity index (χ0) is 14.3. The van der Waals surface area contributed by atoms with E-state index in [4.69, 9.17) is 15.9 Å². The zero-order valence-corrected chi connectivity index (χ0v) is 12.0. The van der Waals surface area contributed by atoms with Gasteiger partial charge in [0.15, 0.2) is 0 Å². The van der Waals surface area contributed by atoms with Crippen molar-refractivity contribution in [3.05, 3.63) is 0 Å². The van der Waals surface area contributed by atoms with E-state index in [1.165, 1.54) is 0 Å². The molecule has 0 spiro atoms. The molecule has 1 rings (SSSR count). The van der Waals surface area contributed by atoms with Gasteiger partial charge in [0, 0.05) is 39.7 Å². The minimum Gasteiger partial charge on any atom is -0.381 e. The third-order valence-electron chi connectivity index (χ3n) is 3.54. The van der Waals surface area contributed by atoms with Gasteiger partial charge in [-0.15, -0.1) is 6.42 Å². The SMILES string of the molecule is C#C[C@@H](NC(=O)NCC1(OC)CCOCC1)C(C)C. The van der Waals surface area contributed by atoms with Gasteiger partial charge in [0.05, 0.1) is 11.6 Å². The standard InChI is InChI=1S/C14H24N2O3/c1-5-12(11(2)3)16-13(17)15-10-14(18-4)6-8-19-9-7-14/h1,11-12H,6-10H2,2-4H3,(H2,15,16,17)/t12-/m1/s1. The number of urea groups is 1. The lowest BCUT2D eigenvalue weighted by atomic mass is 9.94. The second kappa shape index (κ2) is 7.37. The van der Waals surface area contributed by atoms with E-state index in [1.54, 1.807) is 7.11 Å². The van der Waals surface area contributed by atoms with Gasteiger partial charge in [-0.25, -0.2) is 4.79 Å². The van der Waals surface area contributed by atoms with Gasteiger partial charge in [-0.3, -0.25) is 0 Å². The van der Waals surface area contributed by atoms with E-state index in [1.807, 2.05) is 13.8 Å². The molecule has 0 saturated carbocycles. The summed E-state index contributed by atoms with van der Waals surface area (Å²) in [5.74, 6) is 2.77. The van der Waals surface area contributed by atoms with E-state index >= 15 is 0 Å². The summed E-state index contributed by atoms with van der Waals surface area (Å²) < 4.78 is 10.9. The molecule has 1 saturated heterocycles. The van der Waals surface area contributed by atoms with Crippen molar-refractivity contribution in [3.63, 3.8) is 0 Å². The highest BCUT2D eigenvalue weighted by Crippen LogP contribution is 2.23. The number of nitrogens with one attached hydrogen (secondary N) is 2. The number of rotatable bonds is 5. The molecule has 1 heterocycles. The molecule has 1 aliphatic heterocycles. The number of hydrogen-bond donors (Lipinski definition) is 2. The lowest BCUT2D eigenvalue weighted by Gasteiger charge is -2.36. The van der Waals surface area contributed by atoms with Crippen molar-refractivity contribution >= 4 is 6.03 Å². The summed E-state index contributed by atoms with van der Waals surface area (Å²) in [4.78, 5) is 11.8. The molecule has 1 aliphatic rings. The third-order valence-corrected chi connectivity index (χ3v) is 3.54. The Bertz CT molecular complexity index is 330. The molecule has 0 aliphatic carbocycles. The first-order chi connectivity index (χ1) is 9.03. The number of carbonyl (C=O) groups is 1.